The highest BCUT2D eigenvalue weighted by molar-refractivity contribution is 5.86. The summed E-state index contributed by atoms with van der Waals surface area (Å²) in [7, 11) is 1.30. The fraction of sp³-hybridized carbons (Fsp3) is 0.381. The number of alkyl carbamates (subject to hydrolysis) is 1. The number of rotatable bonds is 11. The van der Waals surface area contributed by atoms with Crippen LogP contribution in [0.4, 0.5) is 4.79 Å². The van der Waals surface area contributed by atoms with Gasteiger partial charge in [0.2, 0.25) is 11.8 Å². The van der Waals surface area contributed by atoms with E-state index in [1.54, 1.807) is 12.4 Å². The molecule has 12 heteroatoms. The number of pyridine rings is 1. The van der Waals surface area contributed by atoms with Crippen LogP contribution in [0, 0.1) is 11.8 Å². The van der Waals surface area contributed by atoms with Gasteiger partial charge in [-0.05, 0) is 65.5 Å². The van der Waals surface area contributed by atoms with Crippen molar-refractivity contribution in [2.45, 2.75) is 76.9 Å². The summed E-state index contributed by atoms with van der Waals surface area (Å²) in [6.45, 7) is 4.89. The van der Waals surface area contributed by atoms with Crippen LogP contribution in [-0.4, -0.2) is 67.4 Å². The van der Waals surface area contributed by atoms with Gasteiger partial charge < -0.3 is 30.2 Å². The molecule has 2 aliphatic rings. The van der Waals surface area contributed by atoms with Gasteiger partial charge in [0, 0.05) is 37.3 Å². The third-order valence-corrected chi connectivity index (χ3v) is 10.8. The van der Waals surface area contributed by atoms with Gasteiger partial charge in [-0.2, -0.15) is 0 Å². The minimum atomic E-state index is -0.677. The number of carbonyl (C=O) groups is 3. The van der Waals surface area contributed by atoms with E-state index < -0.39 is 12.1 Å². The maximum absolute atomic E-state index is 13.5. The third kappa shape index (κ3) is 8.07. The first-order valence-electron chi connectivity index (χ1n) is 18.9. The van der Waals surface area contributed by atoms with Gasteiger partial charge in [0.25, 0.3) is 0 Å². The molecule has 3 amide bonds. The Bertz CT molecular complexity index is 2040. The Labute approximate surface area is 315 Å². The van der Waals surface area contributed by atoms with Gasteiger partial charge in [-0.3, -0.25) is 14.6 Å². The second-order valence-corrected chi connectivity index (χ2v) is 14.6. The third-order valence-electron chi connectivity index (χ3n) is 10.8. The normalized spacial score (nSPS) is 19.0. The molecule has 3 aromatic heterocycles. The van der Waals surface area contributed by atoms with Crippen molar-refractivity contribution in [1.29, 1.82) is 0 Å². The van der Waals surface area contributed by atoms with Crippen molar-refractivity contribution < 1.29 is 19.1 Å². The number of amides is 3. The number of ether oxygens (including phenoxy) is 1. The number of H-pyrrole nitrogens is 2. The number of hydrogen-bond donors (Lipinski definition) is 4. The first-order chi connectivity index (χ1) is 26.3. The lowest BCUT2D eigenvalue weighted by atomic mass is 9.78. The van der Waals surface area contributed by atoms with Gasteiger partial charge >= 0.3 is 6.09 Å². The Morgan fingerprint density at radius 2 is 1.44 bits per heavy atom. The lowest BCUT2D eigenvalue weighted by Gasteiger charge is -2.30. The molecule has 0 bridgehead atoms. The molecule has 1 aliphatic carbocycles. The maximum Gasteiger partial charge on any atom is 0.407 e. The number of methoxy groups -OCH3 is 1. The molecule has 54 heavy (non-hydrogen) atoms. The molecule has 4 N–H and O–H groups in total. The molecule has 4 heterocycles. The highest BCUT2D eigenvalue weighted by Gasteiger charge is 2.38. The van der Waals surface area contributed by atoms with Gasteiger partial charge in [0.15, 0.2) is 0 Å². The number of aromatic amines is 2. The summed E-state index contributed by atoms with van der Waals surface area (Å²) in [4.78, 5) is 61.1. The molecule has 12 nitrogen and oxygen atoms in total. The summed E-state index contributed by atoms with van der Waals surface area (Å²) < 4.78 is 4.76. The van der Waals surface area contributed by atoms with Gasteiger partial charge in [-0.1, -0.05) is 81.3 Å². The van der Waals surface area contributed by atoms with E-state index >= 15 is 0 Å². The molecule has 2 aromatic carbocycles. The van der Waals surface area contributed by atoms with Crippen LogP contribution >= 0.6 is 0 Å². The Morgan fingerprint density at radius 1 is 0.815 bits per heavy atom. The highest BCUT2D eigenvalue weighted by atomic mass is 16.5. The van der Waals surface area contributed by atoms with E-state index in [2.05, 4.69) is 79.1 Å². The molecule has 1 saturated carbocycles. The van der Waals surface area contributed by atoms with Gasteiger partial charge in [-0.25, -0.2) is 14.8 Å². The molecule has 1 saturated heterocycles. The van der Waals surface area contributed by atoms with Crippen LogP contribution in [-0.2, 0) is 20.9 Å². The number of hydrogen-bond acceptors (Lipinski definition) is 7. The number of benzene rings is 2. The summed E-state index contributed by atoms with van der Waals surface area (Å²) in [6, 6.07) is 19.7. The fourth-order valence-corrected chi connectivity index (χ4v) is 7.80. The van der Waals surface area contributed by atoms with Crippen LogP contribution in [0.25, 0.3) is 33.6 Å². The molecular formula is C42H48N8O4. The van der Waals surface area contributed by atoms with E-state index in [4.69, 9.17) is 9.72 Å². The second kappa shape index (κ2) is 16.5. The molecule has 7 rings (SSSR count). The van der Waals surface area contributed by atoms with Gasteiger partial charge in [0.1, 0.15) is 17.7 Å². The SMILES string of the molecule is COC(=O)N[C@H](C(=O)N1CCC[C@H]1c1ncc(-c2ccc(-c3ccc(-c4cnc([C@@H]5CCCC[C@H]5C(=O)NCc5cccnc5)[nH]4)cc3)cc2)[nH]1)C(C)C. The topological polar surface area (TPSA) is 158 Å². The molecule has 0 spiro atoms. The molecule has 4 atom stereocenters. The summed E-state index contributed by atoms with van der Waals surface area (Å²) >= 11 is 0. The van der Waals surface area contributed by atoms with Crippen molar-refractivity contribution in [3.05, 3.63) is 103 Å². The molecule has 1 aliphatic heterocycles. The van der Waals surface area contributed by atoms with Crippen molar-refractivity contribution in [3.63, 3.8) is 0 Å². The van der Waals surface area contributed by atoms with E-state index in [1.807, 2.05) is 43.3 Å². The highest BCUT2D eigenvalue weighted by Crippen LogP contribution is 2.38. The fourth-order valence-electron chi connectivity index (χ4n) is 7.80. The van der Waals surface area contributed by atoms with Gasteiger partial charge in [-0.15, -0.1) is 0 Å². The zero-order valence-electron chi connectivity index (χ0n) is 31.0. The van der Waals surface area contributed by atoms with E-state index in [9.17, 15) is 14.4 Å². The van der Waals surface area contributed by atoms with E-state index in [1.165, 1.54) is 7.11 Å². The van der Waals surface area contributed by atoms with Gasteiger partial charge in [0.05, 0.1) is 36.9 Å². The second-order valence-electron chi connectivity index (χ2n) is 14.6. The van der Waals surface area contributed by atoms with Crippen LogP contribution in [0.2, 0.25) is 0 Å². The van der Waals surface area contributed by atoms with E-state index in [0.29, 0.717) is 13.1 Å². The maximum atomic E-state index is 13.5. The minimum Gasteiger partial charge on any atom is -0.453 e. The number of nitrogens with zero attached hydrogens (tertiary/aromatic N) is 4. The predicted octanol–water partition coefficient (Wildman–Crippen LogP) is 7.16. The zero-order valence-corrected chi connectivity index (χ0v) is 31.0. The summed E-state index contributed by atoms with van der Waals surface area (Å²) in [5.41, 5.74) is 7.00. The monoisotopic (exact) mass is 728 g/mol. The molecule has 5 aromatic rings. The zero-order chi connectivity index (χ0) is 37.6. The largest absolute Gasteiger partial charge is 0.453 e. The smallest absolute Gasteiger partial charge is 0.407 e. The quantitative estimate of drug-likeness (QED) is 0.112. The van der Waals surface area contributed by atoms with Crippen LogP contribution in [0.15, 0.2) is 85.5 Å². The van der Waals surface area contributed by atoms with Crippen molar-refractivity contribution in [1.82, 2.24) is 40.5 Å². The van der Waals surface area contributed by atoms with Crippen molar-refractivity contribution in [3.8, 4) is 33.6 Å². The number of likely N-dealkylation sites (tertiary alicyclic amines) is 1. The average molecular weight is 729 g/mol. The molecule has 280 valence electrons. The lowest BCUT2D eigenvalue weighted by molar-refractivity contribution is -0.135. The Hall–Kier alpha value is -5.78. The molecule has 0 radical (unpaired) electrons. The van der Waals surface area contributed by atoms with E-state index in [0.717, 1.165) is 89.4 Å². The van der Waals surface area contributed by atoms with Crippen LogP contribution in [0.1, 0.15) is 81.5 Å². The lowest BCUT2D eigenvalue weighted by Crippen LogP contribution is -2.51. The van der Waals surface area contributed by atoms with Crippen molar-refractivity contribution in [2.24, 2.45) is 11.8 Å². The summed E-state index contributed by atoms with van der Waals surface area (Å²) in [5, 5.41) is 5.82. The van der Waals surface area contributed by atoms with E-state index in [-0.39, 0.29) is 35.6 Å². The Balaban J connectivity index is 0.988. The average Bonchev–Trinajstić information content (AvgIpc) is 4.01. The van der Waals surface area contributed by atoms with Crippen LogP contribution in [0.5, 0.6) is 0 Å². The first-order valence-corrected chi connectivity index (χ1v) is 18.9. The number of carbonyl (C=O) groups excluding carboxylic acids is 3. The van der Waals surface area contributed by atoms with Crippen molar-refractivity contribution in [2.75, 3.05) is 13.7 Å². The Morgan fingerprint density at radius 3 is 2.07 bits per heavy atom. The number of aromatic nitrogens is 5. The molecular weight excluding hydrogens is 681 g/mol. The molecule has 2 fully saturated rings. The van der Waals surface area contributed by atoms with Crippen molar-refractivity contribution >= 4 is 17.9 Å². The standard InChI is InChI=1S/C42H48N8O4/c1-26(2)37(49-42(53)54-3)41(52)50-21-7-11-36(50)39-45-25-35(48-39)31-18-14-29(15-19-31)28-12-16-30(17-13-28)34-24-44-38(47-34)32-9-4-5-10-33(32)40(51)46-23-27-8-6-20-43-22-27/h6,8,12-20,22,24-26,32-33,36-37H,4-5,7,9-11,21,23H2,1-3H3,(H,44,47)(H,45,48)(H,46,51)(H,49,53)/t32-,33-,36+,37+/m1/s1. The van der Waals surface area contributed by atoms with Crippen LogP contribution in [0.3, 0.4) is 0 Å². The number of imidazole rings is 2. The Kier molecular flexibility index (Phi) is 11.2. The minimum absolute atomic E-state index is 0.0531. The van der Waals surface area contributed by atoms with Crippen LogP contribution < -0.4 is 10.6 Å². The summed E-state index contributed by atoms with van der Waals surface area (Å²) in [6.07, 6.45) is 12.1. The number of nitrogens with one attached hydrogen (secondary N) is 4. The predicted molar refractivity (Wildman–Crippen MR) is 206 cm³/mol. The first kappa shape index (κ1) is 36.6. The molecule has 0 unspecified atom stereocenters. The summed E-state index contributed by atoms with van der Waals surface area (Å²) in [5.74, 6) is 1.39.